The minimum Gasteiger partial charge on any atom is -0.475 e. The maximum absolute atomic E-state index is 11.3. The Bertz CT molecular complexity index is 1210. The van der Waals surface area contributed by atoms with Gasteiger partial charge in [-0.25, -0.2) is 13.2 Å². The fourth-order valence-electron chi connectivity index (χ4n) is 4.52. The second-order valence-electron chi connectivity index (χ2n) is 9.75. The van der Waals surface area contributed by atoms with E-state index in [1.165, 1.54) is 6.92 Å². The van der Waals surface area contributed by atoms with E-state index in [-0.39, 0.29) is 0 Å². The Hall–Kier alpha value is -1.65. The summed E-state index contributed by atoms with van der Waals surface area (Å²) in [6.45, 7) is -1.21. The van der Waals surface area contributed by atoms with Gasteiger partial charge in [-0.1, -0.05) is 0 Å². The fourth-order valence-corrected chi connectivity index (χ4v) is 5.34. The lowest BCUT2D eigenvalue weighted by Gasteiger charge is -2.45. The SMILES string of the molecule is CC1O[C@@H](OCC2C(CO[C@@H]3OC(C(=O)O)=CC(O)C3O)C(O)OC(COS(=O)(=O)O)[C@H]2O)C(O)C(OS(=O)(=O)O)[C@@H]1O. The molecule has 0 amide bonds. The summed E-state index contributed by atoms with van der Waals surface area (Å²) >= 11 is 0. The highest BCUT2D eigenvalue weighted by Crippen LogP contribution is 2.34. The molecule has 9 unspecified atom stereocenters. The van der Waals surface area contributed by atoms with Crippen LogP contribution in [-0.2, 0) is 57.6 Å². The van der Waals surface area contributed by atoms with Crippen molar-refractivity contribution >= 4 is 26.8 Å². The molecule has 9 N–H and O–H groups in total. The smallest absolute Gasteiger partial charge is 0.397 e. The van der Waals surface area contributed by atoms with E-state index >= 15 is 0 Å². The van der Waals surface area contributed by atoms with Gasteiger partial charge in [0.2, 0.25) is 12.0 Å². The number of ether oxygens (including phenoxy) is 5. The highest BCUT2D eigenvalue weighted by molar-refractivity contribution is 7.81. The molecule has 13 atom stereocenters. The quantitative estimate of drug-likeness (QED) is 0.0875. The highest BCUT2D eigenvalue weighted by atomic mass is 32.3. The molecule has 2 fully saturated rings. The van der Waals surface area contributed by atoms with Crippen LogP contribution in [0.2, 0.25) is 0 Å². The van der Waals surface area contributed by atoms with Crippen LogP contribution in [0.25, 0.3) is 0 Å². The fraction of sp³-hybridized carbons (Fsp3) is 0.850. The first-order chi connectivity index (χ1) is 19.8. The summed E-state index contributed by atoms with van der Waals surface area (Å²) < 4.78 is 97.2. The third-order valence-corrected chi connectivity index (χ3v) is 7.66. The van der Waals surface area contributed by atoms with Gasteiger partial charge in [0, 0.05) is 11.8 Å². The van der Waals surface area contributed by atoms with Crippen LogP contribution in [0.5, 0.6) is 0 Å². The molecule has 21 nitrogen and oxygen atoms in total. The Kier molecular flexibility index (Phi) is 11.8. The van der Waals surface area contributed by atoms with E-state index in [1.54, 1.807) is 0 Å². The molecule has 3 heterocycles. The number of carbonyl (C=O) groups is 1. The first-order valence-corrected chi connectivity index (χ1v) is 15.0. The van der Waals surface area contributed by atoms with Gasteiger partial charge >= 0.3 is 26.8 Å². The number of aliphatic hydroxyl groups excluding tert-OH is 6. The van der Waals surface area contributed by atoms with E-state index in [2.05, 4.69) is 8.37 Å². The molecule has 0 aromatic heterocycles. The molecule has 3 rings (SSSR count). The second-order valence-corrected chi connectivity index (χ2v) is 11.9. The molecule has 0 aromatic rings. The van der Waals surface area contributed by atoms with Crippen LogP contribution < -0.4 is 0 Å². The number of rotatable bonds is 12. The molecule has 0 aliphatic carbocycles. The van der Waals surface area contributed by atoms with Gasteiger partial charge in [-0.2, -0.15) is 16.8 Å². The highest BCUT2D eigenvalue weighted by Gasteiger charge is 2.50. The van der Waals surface area contributed by atoms with Crippen LogP contribution in [0.15, 0.2) is 11.8 Å². The average molecular weight is 673 g/mol. The molecule has 3 aliphatic heterocycles. The van der Waals surface area contributed by atoms with Crippen LogP contribution in [0.1, 0.15) is 6.92 Å². The molecule has 23 heteroatoms. The lowest BCUT2D eigenvalue weighted by molar-refractivity contribution is -0.312. The van der Waals surface area contributed by atoms with Crippen LogP contribution in [0, 0.1) is 11.8 Å². The third-order valence-electron chi connectivity index (χ3n) is 6.76. The normalized spacial score (nSPS) is 40.9. The molecule has 3 aliphatic rings. The predicted octanol–water partition coefficient (Wildman–Crippen LogP) is -5.15. The first-order valence-electron chi connectivity index (χ1n) is 12.3. The van der Waals surface area contributed by atoms with Crippen LogP contribution in [0.3, 0.4) is 0 Å². The molecular formula is C20H32O21S2. The number of aliphatic hydroxyl groups is 6. The monoisotopic (exact) mass is 672 g/mol. The molecular weight excluding hydrogens is 640 g/mol. The van der Waals surface area contributed by atoms with Crippen LogP contribution >= 0.6 is 0 Å². The predicted molar refractivity (Wildman–Crippen MR) is 129 cm³/mol. The topological polar surface area (TPSA) is 332 Å². The largest absolute Gasteiger partial charge is 0.475 e. The Morgan fingerprint density at radius 2 is 1.42 bits per heavy atom. The van der Waals surface area contributed by atoms with Crippen molar-refractivity contribution in [3.63, 3.8) is 0 Å². The van der Waals surface area contributed by atoms with Gasteiger partial charge in [-0.05, 0) is 13.0 Å². The lowest BCUT2D eigenvalue weighted by atomic mass is 9.83. The zero-order valence-electron chi connectivity index (χ0n) is 21.9. The summed E-state index contributed by atoms with van der Waals surface area (Å²) in [5, 5.41) is 71.5. The van der Waals surface area contributed by atoms with E-state index in [0.29, 0.717) is 6.08 Å². The van der Waals surface area contributed by atoms with E-state index in [9.17, 15) is 52.3 Å². The molecule has 0 aromatic carbocycles. The van der Waals surface area contributed by atoms with E-state index in [0.717, 1.165) is 0 Å². The van der Waals surface area contributed by atoms with Crippen molar-refractivity contribution in [2.45, 2.75) is 74.6 Å². The minimum absolute atomic E-state index is 0.706. The molecule has 250 valence electrons. The van der Waals surface area contributed by atoms with Gasteiger partial charge in [-0.3, -0.25) is 9.11 Å². The Morgan fingerprint density at radius 3 is 2.00 bits per heavy atom. The summed E-state index contributed by atoms with van der Waals surface area (Å²) in [6, 6.07) is 0. The molecule has 0 saturated carbocycles. The number of hydrogen-bond donors (Lipinski definition) is 9. The number of aliphatic carboxylic acids is 1. The van der Waals surface area contributed by atoms with E-state index < -0.39 is 132 Å². The summed E-state index contributed by atoms with van der Waals surface area (Å²) in [6.07, 6.45) is -18.8. The Morgan fingerprint density at radius 1 is 0.814 bits per heavy atom. The molecule has 2 saturated heterocycles. The van der Waals surface area contributed by atoms with E-state index in [1.807, 2.05) is 0 Å². The van der Waals surface area contributed by atoms with Crippen molar-refractivity contribution in [1.29, 1.82) is 0 Å². The summed E-state index contributed by atoms with van der Waals surface area (Å²) in [7, 11) is -10.2. The van der Waals surface area contributed by atoms with Gasteiger partial charge < -0.3 is 59.4 Å². The van der Waals surface area contributed by atoms with Crippen molar-refractivity contribution < 1.29 is 98.5 Å². The summed E-state index contributed by atoms with van der Waals surface area (Å²) in [4.78, 5) is 11.3. The Labute approximate surface area is 243 Å². The second kappa shape index (κ2) is 14.2. The van der Waals surface area contributed by atoms with Crippen molar-refractivity contribution in [2.75, 3.05) is 19.8 Å². The third kappa shape index (κ3) is 9.42. The number of hydrogen-bond acceptors (Lipinski definition) is 18. The Balaban J connectivity index is 1.80. The van der Waals surface area contributed by atoms with E-state index in [4.69, 9.17) is 37.9 Å². The number of carboxylic acids is 1. The number of carboxylic acid groups (broad SMARTS) is 1. The van der Waals surface area contributed by atoms with Crippen LogP contribution in [0.4, 0.5) is 0 Å². The van der Waals surface area contributed by atoms with Gasteiger partial charge in [0.05, 0.1) is 32.0 Å². The molecule has 43 heavy (non-hydrogen) atoms. The zero-order valence-corrected chi connectivity index (χ0v) is 23.6. The van der Waals surface area contributed by atoms with Crippen molar-refractivity contribution in [3.8, 4) is 0 Å². The van der Waals surface area contributed by atoms with Crippen molar-refractivity contribution in [3.05, 3.63) is 11.8 Å². The lowest BCUT2D eigenvalue weighted by Crippen LogP contribution is -2.60. The van der Waals surface area contributed by atoms with Gasteiger partial charge in [0.1, 0.15) is 36.6 Å². The van der Waals surface area contributed by atoms with Crippen molar-refractivity contribution in [1.82, 2.24) is 0 Å². The average Bonchev–Trinajstić information content (AvgIpc) is 2.88. The van der Waals surface area contributed by atoms with Gasteiger partial charge in [0.15, 0.2) is 12.6 Å². The molecule has 0 spiro atoms. The van der Waals surface area contributed by atoms with Gasteiger partial charge in [0.25, 0.3) is 0 Å². The van der Waals surface area contributed by atoms with Gasteiger partial charge in [-0.15, -0.1) is 0 Å². The zero-order chi connectivity index (χ0) is 32.4. The van der Waals surface area contributed by atoms with Crippen LogP contribution in [-0.4, -0.2) is 155 Å². The molecule has 0 radical (unpaired) electrons. The maximum atomic E-state index is 11.3. The first kappa shape index (κ1) is 35.8. The molecule has 0 bridgehead atoms. The van der Waals surface area contributed by atoms with Crippen molar-refractivity contribution in [2.24, 2.45) is 11.8 Å². The summed E-state index contributed by atoms with van der Waals surface area (Å²) in [5.41, 5.74) is 0. The minimum atomic E-state index is -5.17. The maximum Gasteiger partial charge on any atom is 0.397 e. The summed E-state index contributed by atoms with van der Waals surface area (Å²) in [5.74, 6) is -5.13. The standard InChI is InChI=1S/C20H32O21S2/c1-6-12(22)16(41-43(32,33)34)15(25)20(38-6)35-3-7-8(18(28)39-11(13(7)23)5-37-42(29,30)31)4-36-19-14(24)9(21)2-10(40-19)17(26)27/h2,6-9,11-16,18-25,28H,3-5H2,1H3,(H,26,27)(H,29,30,31)(H,32,33,34)/t6?,7?,8?,9?,11?,12-,13+,14?,15?,16?,18?,19-,20-/m1/s1.